The van der Waals surface area contributed by atoms with E-state index >= 15 is 0 Å². The minimum absolute atomic E-state index is 0.245. The monoisotopic (exact) mass is 207 g/mol. The summed E-state index contributed by atoms with van der Waals surface area (Å²) in [5, 5.41) is 12.0. The molecule has 2 rings (SSSR count). The molecule has 1 heterocycles. The second-order valence-electron chi connectivity index (χ2n) is 3.72. The van der Waals surface area contributed by atoms with Gasteiger partial charge in [0, 0.05) is 6.54 Å². The van der Waals surface area contributed by atoms with Crippen LogP contribution in [0.15, 0.2) is 30.3 Å². The van der Waals surface area contributed by atoms with E-state index in [4.69, 9.17) is 9.84 Å². The van der Waals surface area contributed by atoms with Crippen LogP contribution in [0.25, 0.3) is 0 Å². The number of aliphatic carboxylic acids is 1. The molecule has 4 heteroatoms. The number of benzene rings is 1. The van der Waals surface area contributed by atoms with E-state index in [9.17, 15) is 4.79 Å². The summed E-state index contributed by atoms with van der Waals surface area (Å²) in [6, 6.07) is 9.72. The molecule has 1 aliphatic rings. The SMILES string of the molecule is O=C(O)C1(NCc2ccccc2)COC1. The van der Waals surface area contributed by atoms with E-state index < -0.39 is 11.5 Å². The number of hydrogen-bond donors (Lipinski definition) is 2. The zero-order valence-electron chi connectivity index (χ0n) is 8.27. The Labute approximate surface area is 87.9 Å². The minimum atomic E-state index is -0.879. The van der Waals surface area contributed by atoms with Crippen molar-refractivity contribution in [3.63, 3.8) is 0 Å². The van der Waals surface area contributed by atoms with Gasteiger partial charge < -0.3 is 9.84 Å². The summed E-state index contributed by atoms with van der Waals surface area (Å²) in [5.74, 6) is -0.843. The molecule has 1 fully saturated rings. The van der Waals surface area contributed by atoms with E-state index in [2.05, 4.69) is 5.32 Å². The first-order valence-corrected chi connectivity index (χ1v) is 4.83. The van der Waals surface area contributed by atoms with Crippen LogP contribution < -0.4 is 5.32 Å². The third-order valence-corrected chi connectivity index (χ3v) is 2.58. The number of carboxylic acid groups (broad SMARTS) is 1. The largest absolute Gasteiger partial charge is 0.480 e. The Hall–Kier alpha value is -1.39. The van der Waals surface area contributed by atoms with Crippen molar-refractivity contribution in [2.75, 3.05) is 13.2 Å². The molecule has 1 saturated heterocycles. The average Bonchev–Trinajstić information content (AvgIpc) is 2.17. The molecule has 0 amide bonds. The van der Waals surface area contributed by atoms with Crippen LogP contribution in [0.4, 0.5) is 0 Å². The molecule has 0 unspecified atom stereocenters. The first-order chi connectivity index (χ1) is 7.23. The maximum Gasteiger partial charge on any atom is 0.328 e. The molecule has 0 aliphatic carbocycles. The minimum Gasteiger partial charge on any atom is -0.480 e. The normalized spacial score (nSPS) is 18.1. The fourth-order valence-electron chi connectivity index (χ4n) is 1.47. The quantitative estimate of drug-likeness (QED) is 0.760. The Morgan fingerprint density at radius 3 is 2.53 bits per heavy atom. The van der Waals surface area contributed by atoms with E-state index in [1.54, 1.807) is 0 Å². The Kier molecular flexibility index (Phi) is 2.70. The molecule has 0 bridgehead atoms. The van der Waals surface area contributed by atoms with Crippen LogP contribution in [0, 0.1) is 0 Å². The number of ether oxygens (including phenoxy) is 1. The van der Waals surface area contributed by atoms with Gasteiger partial charge in [-0.1, -0.05) is 30.3 Å². The van der Waals surface area contributed by atoms with Gasteiger partial charge in [-0.2, -0.15) is 0 Å². The molecular formula is C11H13NO3. The van der Waals surface area contributed by atoms with Gasteiger partial charge in [-0.25, -0.2) is 0 Å². The fourth-order valence-corrected chi connectivity index (χ4v) is 1.47. The maximum atomic E-state index is 11.0. The Balaban J connectivity index is 1.95. The van der Waals surface area contributed by atoms with Crippen LogP contribution >= 0.6 is 0 Å². The molecule has 0 spiro atoms. The van der Waals surface area contributed by atoms with Gasteiger partial charge in [0.2, 0.25) is 0 Å². The summed E-state index contributed by atoms with van der Waals surface area (Å²) < 4.78 is 4.94. The van der Waals surface area contributed by atoms with E-state index in [1.165, 1.54) is 0 Å². The Morgan fingerprint density at radius 2 is 2.07 bits per heavy atom. The third kappa shape index (κ3) is 2.00. The molecule has 80 valence electrons. The van der Waals surface area contributed by atoms with Crippen molar-refractivity contribution in [3.8, 4) is 0 Å². The topological polar surface area (TPSA) is 58.6 Å². The molecule has 0 radical (unpaired) electrons. The zero-order valence-corrected chi connectivity index (χ0v) is 8.27. The molecule has 1 aromatic rings. The van der Waals surface area contributed by atoms with E-state index in [-0.39, 0.29) is 13.2 Å². The molecular weight excluding hydrogens is 194 g/mol. The summed E-state index contributed by atoms with van der Waals surface area (Å²) in [4.78, 5) is 11.0. The van der Waals surface area contributed by atoms with Crippen LogP contribution in [-0.4, -0.2) is 29.8 Å². The lowest BCUT2D eigenvalue weighted by Crippen LogP contribution is -2.65. The average molecular weight is 207 g/mol. The van der Waals surface area contributed by atoms with Crippen molar-refractivity contribution in [3.05, 3.63) is 35.9 Å². The van der Waals surface area contributed by atoms with E-state index in [1.807, 2.05) is 30.3 Å². The number of carbonyl (C=O) groups is 1. The maximum absolute atomic E-state index is 11.0. The van der Waals surface area contributed by atoms with Crippen molar-refractivity contribution < 1.29 is 14.6 Å². The smallest absolute Gasteiger partial charge is 0.328 e. The van der Waals surface area contributed by atoms with Crippen molar-refractivity contribution >= 4 is 5.97 Å². The van der Waals surface area contributed by atoms with Crippen molar-refractivity contribution in [1.29, 1.82) is 0 Å². The van der Waals surface area contributed by atoms with Crippen LogP contribution in [0.2, 0.25) is 0 Å². The summed E-state index contributed by atoms with van der Waals surface area (Å²) in [6.07, 6.45) is 0. The first kappa shape index (κ1) is 10.1. The lowest BCUT2D eigenvalue weighted by Gasteiger charge is -2.38. The van der Waals surface area contributed by atoms with Crippen molar-refractivity contribution in [2.24, 2.45) is 0 Å². The van der Waals surface area contributed by atoms with Crippen LogP contribution in [0.1, 0.15) is 5.56 Å². The lowest BCUT2D eigenvalue weighted by atomic mass is 9.97. The van der Waals surface area contributed by atoms with E-state index in [0.717, 1.165) is 5.56 Å². The van der Waals surface area contributed by atoms with Gasteiger partial charge >= 0.3 is 5.97 Å². The summed E-state index contributed by atoms with van der Waals surface area (Å²) in [5.41, 5.74) is 0.195. The molecule has 4 nitrogen and oxygen atoms in total. The highest BCUT2D eigenvalue weighted by Crippen LogP contribution is 2.17. The first-order valence-electron chi connectivity index (χ1n) is 4.83. The zero-order chi connectivity index (χ0) is 10.7. The predicted octanol–water partition coefficient (Wildman–Crippen LogP) is 0.630. The Morgan fingerprint density at radius 1 is 1.40 bits per heavy atom. The lowest BCUT2D eigenvalue weighted by molar-refractivity contribution is -0.166. The van der Waals surface area contributed by atoms with Crippen molar-refractivity contribution in [1.82, 2.24) is 5.32 Å². The van der Waals surface area contributed by atoms with Gasteiger partial charge in [0.15, 0.2) is 5.54 Å². The highest BCUT2D eigenvalue weighted by atomic mass is 16.5. The highest BCUT2D eigenvalue weighted by Gasteiger charge is 2.45. The standard InChI is InChI=1S/C11H13NO3/c13-10(14)11(7-15-8-11)12-6-9-4-2-1-3-5-9/h1-5,12H,6-8H2,(H,13,14). The molecule has 1 aromatic carbocycles. The summed E-state index contributed by atoms with van der Waals surface area (Å²) >= 11 is 0. The summed E-state index contributed by atoms with van der Waals surface area (Å²) in [7, 11) is 0. The van der Waals surface area contributed by atoms with Crippen molar-refractivity contribution in [2.45, 2.75) is 12.1 Å². The van der Waals surface area contributed by atoms with Crippen LogP contribution in [0.3, 0.4) is 0 Å². The molecule has 1 aliphatic heterocycles. The molecule has 0 atom stereocenters. The van der Waals surface area contributed by atoms with E-state index in [0.29, 0.717) is 6.54 Å². The molecule has 0 aromatic heterocycles. The number of carboxylic acids is 1. The summed E-state index contributed by atoms with van der Waals surface area (Å²) in [6.45, 7) is 1.04. The van der Waals surface area contributed by atoms with Gasteiger partial charge in [0.1, 0.15) is 0 Å². The number of hydrogen-bond acceptors (Lipinski definition) is 3. The van der Waals surface area contributed by atoms with Gasteiger partial charge in [-0.05, 0) is 5.56 Å². The third-order valence-electron chi connectivity index (χ3n) is 2.58. The molecule has 0 saturated carbocycles. The molecule has 2 N–H and O–H groups in total. The second kappa shape index (κ2) is 4.00. The van der Waals surface area contributed by atoms with Gasteiger partial charge in [0.05, 0.1) is 13.2 Å². The fraction of sp³-hybridized carbons (Fsp3) is 0.364. The highest BCUT2D eigenvalue weighted by molar-refractivity contribution is 5.80. The number of nitrogens with one attached hydrogen (secondary N) is 1. The van der Waals surface area contributed by atoms with Crippen LogP contribution in [0.5, 0.6) is 0 Å². The molecule has 15 heavy (non-hydrogen) atoms. The Bertz CT molecular complexity index is 346. The number of rotatable bonds is 4. The second-order valence-corrected chi connectivity index (χ2v) is 3.72. The van der Waals surface area contributed by atoms with Gasteiger partial charge in [-0.3, -0.25) is 10.1 Å². The predicted molar refractivity (Wildman–Crippen MR) is 54.5 cm³/mol. The van der Waals surface area contributed by atoms with Gasteiger partial charge in [0.25, 0.3) is 0 Å². The van der Waals surface area contributed by atoms with Gasteiger partial charge in [-0.15, -0.1) is 0 Å². The van der Waals surface area contributed by atoms with Crippen LogP contribution in [-0.2, 0) is 16.1 Å².